The molecule has 0 spiro atoms. The fourth-order valence-corrected chi connectivity index (χ4v) is 9.27. The Morgan fingerprint density at radius 2 is 1.02 bits per heavy atom. The number of fused-ring (bicyclic) bond motifs is 8. The van der Waals surface area contributed by atoms with Crippen molar-refractivity contribution < 1.29 is 0 Å². The number of nitrogens with zero attached hydrogens (tertiary/aromatic N) is 2. The molecule has 56 heavy (non-hydrogen) atoms. The average molecular weight is 715 g/mol. The Labute approximate surface area is 325 Å². The van der Waals surface area contributed by atoms with Crippen LogP contribution in [0.5, 0.6) is 0 Å². The van der Waals surface area contributed by atoms with Crippen molar-refractivity contribution >= 4 is 64.9 Å². The Kier molecular flexibility index (Phi) is 7.40. The first-order chi connectivity index (χ1) is 27.6. The Bertz CT molecular complexity index is 3350. The predicted octanol–water partition coefficient (Wildman–Crippen LogP) is 14.7. The molecule has 0 atom stereocenters. The lowest BCUT2D eigenvalue weighted by atomic mass is 9.87. The van der Waals surface area contributed by atoms with Crippen molar-refractivity contribution in [2.24, 2.45) is 0 Å². The number of aromatic nitrogens is 2. The van der Waals surface area contributed by atoms with E-state index >= 15 is 0 Å². The Morgan fingerprint density at radius 3 is 1.75 bits per heavy atom. The molecule has 11 aromatic rings. The summed E-state index contributed by atoms with van der Waals surface area (Å²) in [5.41, 5.74) is 12.1. The maximum atomic E-state index is 4.91. The summed E-state index contributed by atoms with van der Waals surface area (Å²) in [5, 5.41) is 12.8. The zero-order valence-corrected chi connectivity index (χ0v) is 31.4. The summed E-state index contributed by atoms with van der Waals surface area (Å²) in [7, 11) is 0. The third-order valence-electron chi connectivity index (χ3n) is 11.9. The SMILES string of the molecule is CCc1nc2ccccc2n1-c1ccc(-c2ccc(-c3ccc4c(ccc5cccc(-c6cccc7ccc8cccc(C)c8c67)c54)c3)c3ccccc23)cc1. The number of para-hydroxylation sites is 2. The lowest BCUT2D eigenvalue weighted by molar-refractivity contribution is 0.908. The van der Waals surface area contributed by atoms with Gasteiger partial charge in [0.15, 0.2) is 0 Å². The Morgan fingerprint density at radius 1 is 0.429 bits per heavy atom. The fourth-order valence-electron chi connectivity index (χ4n) is 9.27. The molecule has 0 radical (unpaired) electrons. The molecule has 1 aromatic heterocycles. The second kappa shape index (κ2) is 12.8. The summed E-state index contributed by atoms with van der Waals surface area (Å²) in [5.74, 6) is 1.07. The first kappa shape index (κ1) is 32.4. The van der Waals surface area contributed by atoms with Gasteiger partial charge in [-0.1, -0.05) is 159 Å². The fraction of sp³-hybridized carbons (Fsp3) is 0.0556. The molecule has 0 unspecified atom stereocenters. The van der Waals surface area contributed by atoms with Crippen LogP contribution in [0.1, 0.15) is 18.3 Å². The van der Waals surface area contributed by atoms with Crippen LogP contribution < -0.4 is 0 Å². The smallest absolute Gasteiger partial charge is 0.114 e. The van der Waals surface area contributed by atoms with Gasteiger partial charge in [0.25, 0.3) is 0 Å². The highest BCUT2D eigenvalue weighted by Crippen LogP contribution is 2.43. The molecule has 0 bridgehead atoms. The topological polar surface area (TPSA) is 17.8 Å². The molecular formula is C54H38N2. The van der Waals surface area contributed by atoms with Crippen LogP contribution in [0.4, 0.5) is 0 Å². The molecule has 0 aliphatic heterocycles. The molecule has 0 aliphatic carbocycles. The van der Waals surface area contributed by atoms with E-state index in [0.29, 0.717) is 0 Å². The van der Waals surface area contributed by atoms with Crippen LogP contribution in [-0.4, -0.2) is 9.55 Å². The summed E-state index contributed by atoms with van der Waals surface area (Å²) in [4.78, 5) is 4.91. The first-order valence-electron chi connectivity index (χ1n) is 19.6. The van der Waals surface area contributed by atoms with Crippen molar-refractivity contribution in [1.29, 1.82) is 0 Å². The minimum Gasteiger partial charge on any atom is -0.296 e. The van der Waals surface area contributed by atoms with Gasteiger partial charge in [-0.25, -0.2) is 4.98 Å². The van der Waals surface area contributed by atoms with Gasteiger partial charge < -0.3 is 0 Å². The minimum atomic E-state index is 0.871. The summed E-state index contributed by atoms with van der Waals surface area (Å²) < 4.78 is 2.29. The minimum absolute atomic E-state index is 0.871. The van der Waals surface area contributed by atoms with Gasteiger partial charge in [0.2, 0.25) is 0 Å². The van der Waals surface area contributed by atoms with E-state index in [1.807, 2.05) is 0 Å². The van der Waals surface area contributed by atoms with Gasteiger partial charge in [-0.3, -0.25) is 4.57 Å². The molecule has 2 nitrogen and oxygen atoms in total. The Balaban J connectivity index is 1.03. The van der Waals surface area contributed by atoms with Gasteiger partial charge in [-0.2, -0.15) is 0 Å². The lowest BCUT2D eigenvalue weighted by Crippen LogP contribution is -1.99. The highest BCUT2D eigenvalue weighted by molar-refractivity contribution is 6.22. The van der Waals surface area contributed by atoms with Gasteiger partial charge in [0.05, 0.1) is 11.0 Å². The number of aryl methyl sites for hydroxylation is 2. The molecule has 0 amide bonds. The van der Waals surface area contributed by atoms with Crippen LogP contribution in [0.15, 0.2) is 182 Å². The maximum Gasteiger partial charge on any atom is 0.114 e. The second-order valence-corrected chi connectivity index (χ2v) is 15.0. The normalized spacial score (nSPS) is 11.8. The van der Waals surface area contributed by atoms with Gasteiger partial charge in [-0.15, -0.1) is 0 Å². The van der Waals surface area contributed by atoms with Crippen molar-refractivity contribution in [2.75, 3.05) is 0 Å². The van der Waals surface area contributed by atoms with Gasteiger partial charge in [0.1, 0.15) is 5.82 Å². The number of rotatable bonds is 5. The molecule has 10 aromatic carbocycles. The highest BCUT2D eigenvalue weighted by Gasteiger charge is 2.16. The summed E-state index contributed by atoms with van der Waals surface area (Å²) >= 11 is 0. The third-order valence-corrected chi connectivity index (χ3v) is 11.9. The number of hydrogen-bond acceptors (Lipinski definition) is 1. The van der Waals surface area contributed by atoms with Crippen molar-refractivity contribution in [3.05, 3.63) is 193 Å². The van der Waals surface area contributed by atoms with Crippen molar-refractivity contribution in [3.63, 3.8) is 0 Å². The Hall–Kier alpha value is -7.03. The first-order valence-corrected chi connectivity index (χ1v) is 19.6. The van der Waals surface area contributed by atoms with E-state index < -0.39 is 0 Å². The molecular weight excluding hydrogens is 677 g/mol. The van der Waals surface area contributed by atoms with Gasteiger partial charge in [-0.05, 0) is 130 Å². The maximum absolute atomic E-state index is 4.91. The lowest BCUT2D eigenvalue weighted by Gasteiger charge is -2.16. The van der Waals surface area contributed by atoms with Crippen LogP contribution in [0.25, 0.3) is 104 Å². The molecule has 264 valence electrons. The number of benzene rings is 10. The van der Waals surface area contributed by atoms with E-state index in [9.17, 15) is 0 Å². The highest BCUT2D eigenvalue weighted by atomic mass is 15.1. The molecule has 0 N–H and O–H groups in total. The molecule has 2 heteroatoms. The largest absolute Gasteiger partial charge is 0.296 e. The van der Waals surface area contributed by atoms with Gasteiger partial charge in [0, 0.05) is 12.1 Å². The molecule has 1 heterocycles. The van der Waals surface area contributed by atoms with Crippen LogP contribution in [-0.2, 0) is 6.42 Å². The third kappa shape index (κ3) is 4.99. The van der Waals surface area contributed by atoms with Crippen LogP contribution in [0.2, 0.25) is 0 Å². The zero-order valence-electron chi connectivity index (χ0n) is 31.4. The molecule has 0 fully saturated rings. The number of hydrogen-bond donors (Lipinski definition) is 0. The van der Waals surface area contributed by atoms with Crippen LogP contribution in [0.3, 0.4) is 0 Å². The predicted molar refractivity (Wildman–Crippen MR) is 239 cm³/mol. The van der Waals surface area contributed by atoms with E-state index in [1.165, 1.54) is 92.8 Å². The van der Waals surface area contributed by atoms with Crippen LogP contribution in [0, 0.1) is 6.92 Å². The average Bonchev–Trinajstić information content (AvgIpc) is 3.64. The quantitative estimate of drug-likeness (QED) is 0.162. The van der Waals surface area contributed by atoms with E-state index in [-0.39, 0.29) is 0 Å². The van der Waals surface area contributed by atoms with E-state index in [4.69, 9.17) is 4.98 Å². The van der Waals surface area contributed by atoms with Crippen LogP contribution >= 0.6 is 0 Å². The van der Waals surface area contributed by atoms with Crippen molar-refractivity contribution in [2.45, 2.75) is 20.3 Å². The summed E-state index contributed by atoms with van der Waals surface area (Å²) in [6.07, 6.45) is 0.871. The molecule has 11 rings (SSSR count). The number of imidazole rings is 1. The van der Waals surface area contributed by atoms with E-state index in [1.54, 1.807) is 0 Å². The standard InChI is InChI=1S/C54H38N2/c1-3-51-55-49-19-6-7-20-50(49)56(51)41-28-25-35(26-29-41)42-31-32-43(46-16-5-4-15-45(42)46)39-27-30-44-40(33-39)24-23-37-13-9-17-47(53(37)44)48-18-10-14-38-22-21-36-12-8-11-34(2)52(36)54(38)48/h4-33H,3H2,1-2H3. The van der Waals surface area contributed by atoms with Crippen molar-refractivity contribution in [1.82, 2.24) is 9.55 Å². The molecule has 0 saturated heterocycles. The van der Waals surface area contributed by atoms with Gasteiger partial charge >= 0.3 is 0 Å². The van der Waals surface area contributed by atoms with Crippen molar-refractivity contribution in [3.8, 4) is 39.1 Å². The summed E-state index contributed by atoms with van der Waals surface area (Å²) in [6, 6.07) is 67.1. The second-order valence-electron chi connectivity index (χ2n) is 15.0. The zero-order chi connectivity index (χ0) is 37.3. The van der Waals surface area contributed by atoms with E-state index in [0.717, 1.165) is 29.0 Å². The molecule has 0 aliphatic rings. The summed E-state index contributed by atoms with van der Waals surface area (Å²) in [6.45, 7) is 4.40. The van der Waals surface area contributed by atoms with E-state index in [2.05, 4.69) is 200 Å². The molecule has 0 saturated carbocycles. The monoisotopic (exact) mass is 714 g/mol.